The number of aromatic nitrogens is 1. The molecule has 1 aromatic rings. The van der Waals surface area contributed by atoms with Crippen LogP contribution in [-0.4, -0.2) is 93.6 Å². The van der Waals surface area contributed by atoms with E-state index in [4.69, 9.17) is 9.26 Å². The van der Waals surface area contributed by atoms with Crippen LogP contribution in [0.5, 0.6) is 0 Å². The lowest BCUT2D eigenvalue weighted by Gasteiger charge is -2.36. The van der Waals surface area contributed by atoms with Crippen molar-refractivity contribution in [2.75, 3.05) is 58.2 Å². The third kappa shape index (κ3) is 9.20. The quantitative estimate of drug-likeness (QED) is 0.256. The van der Waals surface area contributed by atoms with Gasteiger partial charge in [0.1, 0.15) is 6.26 Å². The van der Waals surface area contributed by atoms with Crippen LogP contribution in [-0.2, 0) is 21.3 Å². The van der Waals surface area contributed by atoms with Crippen molar-refractivity contribution in [3.8, 4) is 0 Å². The molecule has 3 rings (SSSR count). The summed E-state index contributed by atoms with van der Waals surface area (Å²) in [6.45, 7) is 8.24. The summed E-state index contributed by atoms with van der Waals surface area (Å²) in [5.74, 6) is 0.741. The van der Waals surface area contributed by atoms with Crippen LogP contribution in [0.4, 0.5) is 0 Å². The second-order valence-corrected chi connectivity index (χ2v) is 9.57. The van der Waals surface area contributed by atoms with E-state index in [9.17, 15) is 8.42 Å². The van der Waals surface area contributed by atoms with E-state index in [1.807, 2.05) is 13.0 Å². The molecule has 0 aromatic carbocycles. The maximum atomic E-state index is 12.3. The standard InChI is InChI=1S/C19H34N6O4S.HI/c1-2-20-19(25-10-8-24(9-11-25)16-17-6-13-29-23-17)21-7-14-30(26,27)22-15-18-5-3-4-12-28-18;/h6,13,18,22H,2-5,7-12,14-16H2,1H3,(H,20,21);1H. The summed E-state index contributed by atoms with van der Waals surface area (Å²) < 4.78 is 37.7. The van der Waals surface area contributed by atoms with E-state index in [2.05, 4.69) is 30.0 Å². The first-order valence-corrected chi connectivity index (χ1v) is 12.4. The number of nitrogens with zero attached hydrogens (tertiary/aromatic N) is 4. The summed E-state index contributed by atoms with van der Waals surface area (Å²) in [6.07, 6.45) is 4.64. The average molecular weight is 570 g/mol. The fourth-order valence-corrected chi connectivity index (χ4v) is 4.54. The van der Waals surface area contributed by atoms with Gasteiger partial charge in [-0.1, -0.05) is 5.16 Å². The van der Waals surface area contributed by atoms with Gasteiger partial charge in [-0.25, -0.2) is 13.1 Å². The molecule has 1 unspecified atom stereocenters. The lowest BCUT2D eigenvalue weighted by Crippen LogP contribution is -2.52. The molecule has 0 radical (unpaired) electrons. The molecule has 0 aliphatic carbocycles. The SMILES string of the molecule is CCNC(=NCCS(=O)(=O)NCC1CCCCO1)N1CCN(Cc2ccon2)CC1.I. The lowest BCUT2D eigenvalue weighted by atomic mass is 10.1. The minimum Gasteiger partial charge on any atom is -0.377 e. The van der Waals surface area contributed by atoms with Crippen LogP contribution in [0.3, 0.4) is 0 Å². The summed E-state index contributed by atoms with van der Waals surface area (Å²) in [4.78, 5) is 9.05. The summed E-state index contributed by atoms with van der Waals surface area (Å²) in [6, 6.07) is 1.88. The molecule has 1 atom stereocenters. The predicted molar refractivity (Wildman–Crippen MR) is 130 cm³/mol. The van der Waals surface area contributed by atoms with Gasteiger partial charge in [-0.2, -0.15) is 0 Å². The minimum atomic E-state index is -3.37. The van der Waals surface area contributed by atoms with Crippen LogP contribution in [0.15, 0.2) is 21.8 Å². The first kappa shape index (κ1) is 26.3. The highest BCUT2D eigenvalue weighted by atomic mass is 127. The second kappa shape index (κ2) is 13.6. The molecule has 0 amide bonds. The van der Waals surface area contributed by atoms with E-state index < -0.39 is 10.0 Å². The van der Waals surface area contributed by atoms with Crippen molar-refractivity contribution in [1.82, 2.24) is 25.0 Å². The number of sulfonamides is 1. The van der Waals surface area contributed by atoms with Gasteiger partial charge in [0.2, 0.25) is 10.0 Å². The Hall–Kier alpha value is -0.960. The molecule has 2 N–H and O–H groups in total. The maximum absolute atomic E-state index is 12.3. The second-order valence-electron chi connectivity index (χ2n) is 7.65. The van der Waals surface area contributed by atoms with E-state index >= 15 is 0 Å². The number of rotatable bonds is 9. The maximum Gasteiger partial charge on any atom is 0.213 e. The molecule has 2 fully saturated rings. The van der Waals surface area contributed by atoms with Gasteiger partial charge in [0.05, 0.1) is 24.1 Å². The third-order valence-electron chi connectivity index (χ3n) is 5.31. The lowest BCUT2D eigenvalue weighted by molar-refractivity contribution is 0.0200. The molecule has 12 heteroatoms. The van der Waals surface area contributed by atoms with E-state index in [1.54, 1.807) is 6.26 Å². The molecule has 2 aliphatic rings. The van der Waals surface area contributed by atoms with Gasteiger partial charge in [0, 0.05) is 58.5 Å². The van der Waals surface area contributed by atoms with E-state index in [0.29, 0.717) is 13.2 Å². The van der Waals surface area contributed by atoms with E-state index in [-0.39, 0.29) is 42.4 Å². The zero-order chi connectivity index (χ0) is 21.2. The first-order chi connectivity index (χ1) is 14.6. The molecule has 0 saturated carbocycles. The van der Waals surface area contributed by atoms with Crippen molar-refractivity contribution in [3.63, 3.8) is 0 Å². The van der Waals surface area contributed by atoms with Gasteiger partial charge in [0.15, 0.2) is 5.96 Å². The molecule has 3 heterocycles. The Bertz CT molecular complexity index is 747. The Morgan fingerprint density at radius 2 is 2.10 bits per heavy atom. The predicted octanol–water partition coefficient (Wildman–Crippen LogP) is 0.864. The number of halogens is 1. The zero-order valence-electron chi connectivity index (χ0n) is 18.2. The van der Waals surface area contributed by atoms with Crippen LogP contribution >= 0.6 is 24.0 Å². The van der Waals surface area contributed by atoms with Crippen molar-refractivity contribution < 1.29 is 17.7 Å². The summed E-state index contributed by atoms with van der Waals surface area (Å²) in [5, 5.41) is 7.24. The number of ether oxygens (including phenoxy) is 1. The van der Waals surface area contributed by atoms with E-state index in [0.717, 1.165) is 70.2 Å². The van der Waals surface area contributed by atoms with Crippen molar-refractivity contribution in [3.05, 3.63) is 18.0 Å². The van der Waals surface area contributed by atoms with Crippen LogP contribution in [0.25, 0.3) is 0 Å². The first-order valence-electron chi connectivity index (χ1n) is 10.8. The summed E-state index contributed by atoms with van der Waals surface area (Å²) in [7, 11) is -3.37. The van der Waals surface area contributed by atoms with Gasteiger partial charge in [-0.05, 0) is 26.2 Å². The molecule has 0 bridgehead atoms. The Morgan fingerprint density at radius 3 is 2.74 bits per heavy atom. The van der Waals surface area contributed by atoms with Crippen LogP contribution in [0.1, 0.15) is 31.9 Å². The number of piperazine rings is 1. The highest BCUT2D eigenvalue weighted by molar-refractivity contribution is 14.0. The minimum absolute atomic E-state index is 0. The molecule has 0 spiro atoms. The van der Waals surface area contributed by atoms with E-state index in [1.165, 1.54) is 0 Å². The van der Waals surface area contributed by atoms with Gasteiger partial charge in [-0.3, -0.25) is 9.89 Å². The molecule has 10 nitrogen and oxygen atoms in total. The normalized spacial score (nSPS) is 21.0. The zero-order valence-corrected chi connectivity index (χ0v) is 21.3. The summed E-state index contributed by atoms with van der Waals surface area (Å²) >= 11 is 0. The van der Waals surface area contributed by atoms with Gasteiger partial charge >= 0.3 is 0 Å². The Balaban J connectivity index is 0.00000341. The summed E-state index contributed by atoms with van der Waals surface area (Å²) in [5.41, 5.74) is 0.931. The number of hydrogen-bond acceptors (Lipinski definition) is 7. The Kier molecular flexibility index (Phi) is 11.5. The highest BCUT2D eigenvalue weighted by Crippen LogP contribution is 2.12. The number of aliphatic imine (C=N–C) groups is 1. The molecule has 2 saturated heterocycles. The number of guanidine groups is 1. The van der Waals surface area contributed by atoms with Crippen molar-refractivity contribution >= 4 is 40.0 Å². The van der Waals surface area contributed by atoms with Crippen molar-refractivity contribution in [2.24, 2.45) is 4.99 Å². The smallest absolute Gasteiger partial charge is 0.213 e. The average Bonchev–Trinajstić information content (AvgIpc) is 3.26. The Morgan fingerprint density at radius 1 is 1.29 bits per heavy atom. The molecule has 178 valence electrons. The molecule has 31 heavy (non-hydrogen) atoms. The number of nitrogens with one attached hydrogen (secondary N) is 2. The monoisotopic (exact) mass is 570 g/mol. The largest absolute Gasteiger partial charge is 0.377 e. The molecular weight excluding hydrogens is 535 g/mol. The fourth-order valence-electron chi connectivity index (χ4n) is 3.62. The van der Waals surface area contributed by atoms with Crippen molar-refractivity contribution in [1.29, 1.82) is 0 Å². The molecule has 1 aromatic heterocycles. The van der Waals surface area contributed by atoms with Crippen LogP contribution in [0, 0.1) is 0 Å². The van der Waals surface area contributed by atoms with Crippen molar-refractivity contribution in [2.45, 2.75) is 38.8 Å². The van der Waals surface area contributed by atoms with Gasteiger partial charge < -0.3 is 19.5 Å². The van der Waals surface area contributed by atoms with Gasteiger partial charge in [-0.15, -0.1) is 24.0 Å². The van der Waals surface area contributed by atoms with Gasteiger partial charge in [0.25, 0.3) is 0 Å². The Labute approximate surface area is 202 Å². The van der Waals surface area contributed by atoms with Crippen LogP contribution < -0.4 is 10.0 Å². The fraction of sp³-hybridized carbons (Fsp3) is 0.789. The highest BCUT2D eigenvalue weighted by Gasteiger charge is 2.21. The molecule has 2 aliphatic heterocycles. The topological polar surface area (TPSA) is 112 Å². The number of hydrogen-bond donors (Lipinski definition) is 2. The van der Waals surface area contributed by atoms with Crippen LogP contribution in [0.2, 0.25) is 0 Å². The third-order valence-corrected chi connectivity index (χ3v) is 6.64. The molecular formula is C19H35IN6O4S.